The van der Waals surface area contributed by atoms with Crippen LogP contribution < -0.4 is 5.56 Å². The van der Waals surface area contributed by atoms with Crippen molar-refractivity contribution in [3.63, 3.8) is 0 Å². The van der Waals surface area contributed by atoms with Gasteiger partial charge in [0.2, 0.25) is 6.54 Å². The van der Waals surface area contributed by atoms with Gasteiger partial charge in [-0.05, 0) is 46.2 Å². The summed E-state index contributed by atoms with van der Waals surface area (Å²) in [5.74, 6) is -0.505. The molecule has 2 heterocycles. The third kappa shape index (κ3) is 8.40. The van der Waals surface area contributed by atoms with Crippen LogP contribution in [0.5, 0.6) is 0 Å². The Hall–Kier alpha value is -3.20. The Morgan fingerprint density at radius 2 is 1.85 bits per heavy atom. The van der Waals surface area contributed by atoms with E-state index < -0.39 is 26.8 Å². The van der Waals surface area contributed by atoms with Gasteiger partial charge in [0, 0.05) is 12.1 Å². The number of fused-ring (bicyclic) bond motifs is 1. The zero-order chi connectivity index (χ0) is 29.1. The maximum absolute atomic E-state index is 12.7. The van der Waals surface area contributed by atoms with Crippen molar-refractivity contribution >= 4 is 25.7 Å². The molecule has 3 rings (SSSR count). The van der Waals surface area contributed by atoms with Crippen molar-refractivity contribution in [3.8, 4) is 0 Å². The molecule has 2 aromatic heterocycles. The number of nitrogens with zero attached hydrogens (tertiary/aromatic N) is 5. The summed E-state index contributed by atoms with van der Waals surface area (Å²) in [6.45, 7) is 17.9. The molecule has 0 amide bonds. The van der Waals surface area contributed by atoms with Crippen LogP contribution in [0.3, 0.4) is 0 Å². The fourth-order valence-electron chi connectivity index (χ4n) is 3.99. The molecular formula is C27H37N6O6P. The van der Waals surface area contributed by atoms with E-state index in [0.717, 1.165) is 0 Å². The van der Waals surface area contributed by atoms with Gasteiger partial charge in [-0.1, -0.05) is 25.1 Å². The van der Waals surface area contributed by atoms with Crippen molar-refractivity contribution in [1.29, 1.82) is 0 Å². The first-order valence-electron chi connectivity index (χ1n) is 13.2. The van der Waals surface area contributed by atoms with Crippen molar-refractivity contribution in [2.24, 2.45) is 0 Å². The molecule has 3 atom stereocenters. The second-order valence-corrected chi connectivity index (χ2v) is 10.9. The largest absolute Gasteiger partial charge is 0.457 e. The van der Waals surface area contributed by atoms with E-state index in [1.165, 1.54) is 12.7 Å². The minimum atomic E-state index is -1.46. The fourth-order valence-corrected chi connectivity index (χ4v) is 5.62. The number of hydrogen-bond acceptors (Lipinski definition) is 9. The van der Waals surface area contributed by atoms with Gasteiger partial charge in [-0.25, -0.2) is 26.0 Å². The lowest BCUT2D eigenvalue weighted by atomic mass is 10.2. The second kappa shape index (κ2) is 15.6. The number of aromatic amines is 1. The van der Waals surface area contributed by atoms with E-state index in [4.69, 9.17) is 25.1 Å². The smallest absolute Gasteiger partial charge is 0.338 e. The van der Waals surface area contributed by atoms with E-state index in [1.54, 1.807) is 28.8 Å². The molecule has 0 aliphatic heterocycles. The van der Waals surface area contributed by atoms with Gasteiger partial charge in [-0.2, -0.15) is 0 Å². The van der Waals surface area contributed by atoms with Crippen LogP contribution in [0, 0.1) is 6.57 Å². The highest BCUT2D eigenvalue weighted by atomic mass is 31.2. The molecule has 0 saturated carbocycles. The van der Waals surface area contributed by atoms with Crippen molar-refractivity contribution in [2.45, 2.75) is 65.5 Å². The molecule has 0 fully saturated rings. The number of nitrogens with one attached hydrogen (secondary N) is 1. The summed E-state index contributed by atoms with van der Waals surface area (Å²) in [7, 11) is -1.46. The monoisotopic (exact) mass is 572 g/mol. The van der Waals surface area contributed by atoms with Crippen LogP contribution in [0.1, 0.15) is 57.6 Å². The van der Waals surface area contributed by atoms with Crippen LogP contribution in [0.2, 0.25) is 0 Å². The van der Waals surface area contributed by atoms with Gasteiger partial charge in [0.1, 0.15) is 13.2 Å². The predicted molar refractivity (Wildman–Crippen MR) is 151 cm³/mol. The summed E-state index contributed by atoms with van der Waals surface area (Å²) >= 11 is 0. The lowest BCUT2D eigenvalue weighted by Gasteiger charge is -2.36. The molecule has 12 nitrogen and oxygen atoms in total. The van der Waals surface area contributed by atoms with Gasteiger partial charge in [-0.3, -0.25) is 9.36 Å². The second-order valence-electron chi connectivity index (χ2n) is 9.46. The number of aromatic nitrogens is 4. The Morgan fingerprint density at radius 1 is 1.12 bits per heavy atom. The number of hydrogen-bond donors (Lipinski definition) is 1. The van der Waals surface area contributed by atoms with Crippen LogP contribution in [0.4, 0.5) is 0 Å². The Labute approximate surface area is 235 Å². The third-order valence-electron chi connectivity index (χ3n) is 5.87. The molecule has 0 bridgehead atoms. The minimum Gasteiger partial charge on any atom is -0.457 e. The summed E-state index contributed by atoms with van der Waals surface area (Å²) in [4.78, 5) is 39.3. The Morgan fingerprint density at radius 3 is 2.50 bits per heavy atom. The molecule has 0 spiro atoms. The number of ether oxygens (including phenoxy) is 2. The third-order valence-corrected chi connectivity index (χ3v) is 7.94. The zero-order valence-corrected chi connectivity index (χ0v) is 24.4. The molecule has 3 aromatic rings. The average Bonchev–Trinajstić information content (AvgIpc) is 3.38. The van der Waals surface area contributed by atoms with Crippen molar-refractivity contribution in [3.05, 3.63) is 70.3 Å². The SMILES string of the molecule is [C-]#[N+]CCOP(OC[C@@H](CC)O[C@H](COC(=O)c1ccccc1)n1cnc2c(=O)[nH]cnc21)N(C(C)C)C(C)C. The molecule has 0 saturated heterocycles. The van der Waals surface area contributed by atoms with Gasteiger partial charge in [-0.15, -0.1) is 0 Å². The van der Waals surface area contributed by atoms with Crippen LogP contribution in [0.15, 0.2) is 47.8 Å². The standard InChI is InChI=1S/C27H37N6O6P/c1-7-22(15-38-40(37-14-13-28-6)33(19(2)3)20(4)5)39-23(16-36-27(35)21-11-9-8-10-12-21)32-18-31-24-25(32)29-17-30-26(24)34/h8-12,17-20,22-23H,7,13-16H2,1-5H3,(H,29,30,34)/t22-,23-,40?/m1/s1. The predicted octanol–water partition coefficient (Wildman–Crippen LogP) is 4.57. The van der Waals surface area contributed by atoms with E-state index in [-0.39, 0.29) is 49.5 Å². The summed E-state index contributed by atoms with van der Waals surface area (Å²) in [6, 6.07) is 8.98. The van der Waals surface area contributed by atoms with E-state index in [9.17, 15) is 9.59 Å². The van der Waals surface area contributed by atoms with Gasteiger partial charge < -0.3 is 28.4 Å². The number of carbonyl (C=O) groups is 1. The summed E-state index contributed by atoms with van der Waals surface area (Å²) in [5, 5.41) is 0. The zero-order valence-electron chi connectivity index (χ0n) is 23.5. The number of rotatable bonds is 16. The first-order valence-corrected chi connectivity index (χ1v) is 14.3. The number of H-pyrrole nitrogens is 1. The Bertz CT molecular complexity index is 1300. The normalized spacial score (nSPS) is 14.0. The van der Waals surface area contributed by atoms with E-state index in [2.05, 4.69) is 52.2 Å². The Balaban J connectivity index is 1.81. The van der Waals surface area contributed by atoms with Crippen LogP contribution in [-0.4, -0.2) is 74.7 Å². The maximum atomic E-state index is 12.7. The molecule has 1 unspecified atom stereocenters. The Kier molecular flexibility index (Phi) is 12.2. The highest BCUT2D eigenvalue weighted by Crippen LogP contribution is 2.46. The van der Waals surface area contributed by atoms with Gasteiger partial charge >= 0.3 is 5.97 Å². The van der Waals surface area contributed by atoms with Crippen LogP contribution in [-0.2, 0) is 18.5 Å². The molecule has 0 aliphatic rings. The lowest BCUT2D eigenvalue weighted by Crippen LogP contribution is -2.35. The topological polar surface area (TPSA) is 125 Å². The minimum absolute atomic E-state index is 0.148. The molecule has 0 radical (unpaired) electrons. The van der Waals surface area contributed by atoms with Gasteiger partial charge in [0.05, 0.1) is 30.9 Å². The van der Waals surface area contributed by atoms with Gasteiger partial charge in [0.15, 0.2) is 17.4 Å². The van der Waals surface area contributed by atoms with Crippen molar-refractivity contribution in [1.82, 2.24) is 24.2 Å². The molecule has 1 aromatic carbocycles. The average molecular weight is 573 g/mol. The highest BCUT2D eigenvalue weighted by Gasteiger charge is 2.29. The van der Waals surface area contributed by atoms with E-state index in [0.29, 0.717) is 17.6 Å². The molecule has 40 heavy (non-hydrogen) atoms. The summed E-state index contributed by atoms with van der Waals surface area (Å²) < 4.78 is 28.0. The van der Waals surface area contributed by atoms with Gasteiger partial charge in [0.25, 0.3) is 14.1 Å². The quantitative estimate of drug-likeness (QED) is 0.114. The fraction of sp³-hybridized carbons (Fsp3) is 0.519. The number of benzene rings is 1. The van der Waals surface area contributed by atoms with E-state index >= 15 is 0 Å². The van der Waals surface area contributed by atoms with E-state index in [1.807, 2.05) is 13.0 Å². The lowest BCUT2D eigenvalue weighted by molar-refractivity contribution is -0.0968. The molecular weight excluding hydrogens is 535 g/mol. The highest BCUT2D eigenvalue weighted by molar-refractivity contribution is 7.44. The van der Waals surface area contributed by atoms with Crippen LogP contribution >= 0.6 is 8.53 Å². The van der Waals surface area contributed by atoms with Crippen molar-refractivity contribution < 1.29 is 23.3 Å². The molecule has 216 valence electrons. The summed E-state index contributed by atoms with van der Waals surface area (Å²) in [5.41, 5.74) is 0.474. The first kappa shape index (κ1) is 31.3. The van der Waals surface area contributed by atoms with Crippen LogP contribution in [0.25, 0.3) is 16.0 Å². The molecule has 0 aliphatic carbocycles. The maximum Gasteiger partial charge on any atom is 0.338 e. The van der Waals surface area contributed by atoms with Crippen molar-refractivity contribution in [2.75, 3.05) is 26.4 Å². The molecule has 1 N–H and O–H groups in total. The first-order chi connectivity index (χ1) is 19.3. The number of imidazole rings is 1. The summed E-state index contributed by atoms with van der Waals surface area (Å²) in [6.07, 6.45) is 2.06. The molecule has 13 heteroatoms. The number of esters is 1. The number of carbonyl (C=O) groups excluding carboxylic acids is 1.